The van der Waals surface area contributed by atoms with Crippen molar-refractivity contribution in [1.82, 2.24) is 20.1 Å². The lowest BCUT2D eigenvalue weighted by Gasteiger charge is -2.10. The van der Waals surface area contributed by atoms with Gasteiger partial charge < -0.3 is 5.32 Å². The third-order valence-corrected chi connectivity index (χ3v) is 4.39. The Bertz CT molecular complexity index is 958. The number of hydrogen-bond donors (Lipinski definition) is 2. The van der Waals surface area contributed by atoms with Gasteiger partial charge in [-0.1, -0.05) is 48.0 Å². The number of aryl methyl sites for hydroxylation is 2. The highest BCUT2D eigenvalue weighted by Crippen LogP contribution is 2.18. The average molecular weight is 352 g/mol. The number of nitrogens with one attached hydrogen (secondary N) is 2. The van der Waals surface area contributed by atoms with Gasteiger partial charge in [-0.3, -0.25) is 14.5 Å². The van der Waals surface area contributed by atoms with Crippen LogP contribution in [0.3, 0.4) is 0 Å². The molecule has 1 heterocycles. The van der Waals surface area contributed by atoms with E-state index >= 15 is 0 Å². The molecule has 3 rings (SSSR count). The van der Waals surface area contributed by atoms with Crippen LogP contribution in [0.4, 0.5) is 0 Å². The minimum absolute atomic E-state index is 0.102. The van der Waals surface area contributed by atoms with Crippen molar-refractivity contribution in [2.75, 3.05) is 0 Å². The summed E-state index contributed by atoms with van der Waals surface area (Å²) in [5.41, 5.74) is 4.31. The lowest BCUT2D eigenvalue weighted by atomic mass is 10.1. The summed E-state index contributed by atoms with van der Waals surface area (Å²) in [6.07, 6.45) is 0. The molecule has 3 aromatic rings. The Hall–Kier alpha value is -2.73. The lowest BCUT2D eigenvalue weighted by molar-refractivity contribution is -0.121. The first-order valence-electron chi connectivity index (χ1n) is 8.08. The van der Waals surface area contributed by atoms with Crippen molar-refractivity contribution in [3.8, 4) is 11.4 Å². The van der Waals surface area contributed by atoms with E-state index in [-0.39, 0.29) is 12.5 Å². The van der Waals surface area contributed by atoms with E-state index in [1.54, 1.807) is 4.57 Å². The molecule has 0 aliphatic heterocycles. The molecule has 0 radical (unpaired) electrons. The number of aromatic amines is 1. The van der Waals surface area contributed by atoms with Crippen molar-refractivity contribution >= 4 is 18.1 Å². The Morgan fingerprint density at radius 2 is 2.00 bits per heavy atom. The van der Waals surface area contributed by atoms with E-state index in [0.29, 0.717) is 17.1 Å². The number of rotatable bonds is 5. The maximum Gasteiger partial charge on any atom is 0.240 e. The monoisotopic (exact) mass is 352 g/mol. The number of benzene rings is 2. The maximum atomic E-state index is 12.4. The minimum atomic E-state index is -0.102. The minimum Gasteiger partial charge on any atom is -0.350 e. The molecule has 0 fully saturated rings. The molecule has 0 aliphatic rings. The van der Waals surface area contributed by atoms with E-state index in [1.165, 1.54) is 0 Å². The number of nitrogens with zero attached hydrogens (tertiary/aromatic N) is 2. The van der Waals surface area contributed by atoms with Crippen LogP contribution >= 0.6 is 12.2 Å². The highest BCUT2D eigenvalue weighted by Gasteiger charge is 2.12. The number of aromatic nitrogens is 3. The van der Waals surface area contributed by atoms with Gasteiger partial charge in [0.15, 0.2) is 10.6 Å². The van der Waals surface area contributed by atoms with Crippen LogP contribution < -0.4 is 5.32 Å². The first kappa shape index (κ1) is 17.1. The number of H-pyrrole nitrogens is 1. The predicted molar refractivity (Wildman–Crippen MR) is 101 cm³/mol. The van der Waals surface area contributed by atoms with Gasteiger partial charge in [0, 0.05) is 12.1 Å². The molecule has 128 valence electrons. The van der Waals surface area contributed by atoms with Gasteiger partial charge in [0.05, 0.1) is 0 Å². The molecule has 2 N–H and O–H groups in total. The van der Waals surface area contributed by atoms with Crippen molar-refractivity contribution in [3.05, 3.63) is 70.0 Å². The number of carbonyl (C=O) groups excluding carboxylic acids is 1. The molecule has 0 saturated heterocycles. The Morgan fingerprint density at radius 1 is 1.20 bits per heavy atom. The number of carbonyl (C=O) groups is 1. The summed E-state index contributed by atoms with van der Waals surface area (Å²) in [7, 11) is 0. The molecule has 0 saturated carbocycles. The van der Waals surface area contributed by atoms with Crippen LogP contribution in [0, 0.1) is 18.6 Å². The van der Waals surface area contributed by atoms with Crippen LogP contribution in [-0.4, -0.2) is 20.7 Å². The van der Waals surface area contributed by atoms with E-state index in [2.05, 4.69) is 15.5 Å². The van der Waals surface area contributed by atoms with Crippen molar-refractivity contribution in [2.24, 2.45) is 0 Å². The van der Waals surface area contributed by atoms with Crippen molar-refractivity contribution in [3.63, 3.8) is 0 Å². The highest BCUT2D eigenvalue weighted by atomic mass is 32.1. The van der Waals surface area contributed by atoms with Gasteiger partial charge in [-0.15, -0.1) is 0 Å². The Kier molecular flexibility index (Phi) is 5.09. The zero-order chi connectivity index (χ0) is 17.8. The van der Waals surface area contributed by atoms with E-state index in [0.717, 1.165) is 22.3 Å². The molecule has 1 aromatic heterocycles. The Labute approximate surface area is 151 Å². The standard InChI is InChI=1S/C19H20N4OS/c1-13-6-5-9-15(10-13)18-21-22-19(25)23(18)12-17(24)20-11-16-8-4-3-7-14(16)2/h3-10H,11-12H2,1-2H3,(H,20,24)(H,22,25). The molecule has 0 unspecified atom stereocenters. The third kappa shape index (κ3) is 4.03. The number of amides is 1. The molecule has 0 aliphatic carbocycles. The van der Waals surface area contributed by atoms with Crippen LogP contribution in [0.1, 0.15) is 16.7 Å². The van der Waals surface area contributed by atoms with E-state index < -0.39 is 0 Å². The molecule has 1 amide bonds. The first-order chi connectivity index (χ1) is 12.0. The summed E-state index contributed by atoms with van der Waals surface area (Å²) in [6, 6.07) is 16.0. The summed E-state index contributed by atoms with van der Waals surface area (Å²) in [6.45, 7) is 4.68. The van der Waals surface area contributed by atoms with Gasteiger partial charge in [0.1, 0.15) is 6.54 Å². The molecule has 5 nitrogen and oxygen atoms in total. The molecule has 2 aromatic carbocycles. The fourth-order valence-corrected chi connectivity index (χ4v) is 2.87. The van der Waals surface area contributed by atoms with Crippen molar-refractivity contribution < 1.29 is 4.79 Å². The molecule has 25 heavy (non-hydrogen) atoms. The SMILES string of the molecule is Cc1cccc(-c2n[nH]c(=S)n2CC(=O)NCc2ccccc2C)c1. The maximum absolute atomic E-state index is 12.4. The quantitative estimate of drug-likeness (QED) is 0.691. The van der Waals surface area contributed by atoms with E-state index in [1.807, 2.05) is 62.4 Å². The second-order valence-corrected chi connectivity index (χ2v) is 6.40. The predicted octanol–water partition coefficient (Wildman–Crippen LogP) is 3.54. The van der Waals surface area contributed by atoms with Crippen LogP contribution in [0.15, 0.2) is 48.5 Å². The largest absolute Gasteiger partial charge is 0.350 e. The van der Waals surface area contributed by atoms with Gasteiger partial charge in [-0.25, -0.2) is 0 Å². The van der Waals surface area contributed by atoms with Crippen LogP contribution in [0.5, 0.6) is 0 Å². The fraction of sp³-hybridized carbons (Fsp3) is 0.211. The number of hydrogen-bond acceptors (Lipinski definition) is 3. The summed E-state index contributed by atoms with van der Waals surface area (Å²) in [5, 5.41) is 10.0. The normalized spacial score (nSPS) is 10.6. The Balaban J connectivity index is 1.75. The van der Waals surface area contributed by atoms with Crippen LogP contribution in [0.2, 0.25) is 0 Å². The topological polar surface area (TPSA) is 62.7 Å². The molecule has 6 heteroatoms. The van der Waals surface area contributed by atoms with Crippen molar-refractivity contribution in [2.45, 2.75) is 26.9 Å². The fourth-order valence-electron chi connectivity index (χ4n) is 2.67. The van der Waals surface area contributed by atoms with Crippen molar-refractivity contribution in [1.29, 1.82) is 0 Å². The summed E-state index contributed by atoms with van der Waals surface area (Å²) < 4.78 is 2.15. The van der Waals surface area contributed by atoms with Gasteiger partial charge in [0.25, 0.3) is 0 Å². The molecular formula is C19H20N4OS. The zero-order valence-corrected chi connectivity index (χ0v) is 15.1. The lowest BCUT2D eigenvalue weighted by Crippen LogP contribution is -2.27. The third-order valence-electron chi connectivity index (χ3n) is 4.07. The second-order valence-electron chi connectivity index (χ2n) is 6.01. The van der Waals surface area contributed by atoms with Crippen LogP contribution in [-0.2, 0) is 17.9 Å². The van der Waals surface area contributed by atoms with Gasteiger partial charge in [0.2, 0.25) is 5.91 Å². The highest BCUT2D eigenvalue weighted by molar-refractivity contribution is 7.71. The second kappa shape index (κ2) is 7.44. The van der Waals surface area contributed by atoms with Crippen LogP contribution in [0.25, 0.3) is 11.4 Å². The first-order valence-corrected chi connectivity index (χ1v) is 8.49. The van der Waals surface area contributed by atoms with Gasteiger partial charge in [-0.05, 0) is 43.3 Å². The molecule has 0 atom stereocenters. The summed E-state index contributed by atoms with van der Waals surface area (Å²) >= 11 is 5.29. The van der Waals surface area contributed by atoms with Gasteiger partial charge >= 0.3 is 0 Å². The molecule has 0 bridgehead atoms. The molecular weight excluding hydrogens is 332 g/mol. The van der Waals surface area contributed by atoms with Gasteiger partial charge in [-0.2, -0.15) is 5.10 Å². The Morgan fingerprint density at radius 3 is 2.76 bits per heavy atom. The average Bonchev–Trinajstić information content (AvgIpc) is 2.95. The summed E-state index contributed by atoms with van der Waals surface area (Å²) in [4.78, 5) is 12.4. The van der Waals surface area contributed by atoms with E-state index in [4.69, 9.17) is 12.2 Å². The van der Waals surface area contributed by atoms with E-state index in [9.17, 15) is 4.79 Å². The molecule has 0 spiro atoms. The summed E-state index contributed by atoms with van der Waals surface area (Å²) in [5.74, 6) is 0.564. The smallest absolute Gasteiger partial charge is 0.240 e. The zero-order valence-electron chi connectivity index (χ0n) is 14.2.